The molecule has 100 valence electrons. The Kier molecular flexibility index (Phi) is 3.56. The fourth-order valence-electron chi connectivity index (χ4n) is 2.12. The molecule has 2 aromatic heterocycles. The van der Waals surface area contributed by atoms with E-state index < -0.39 is 0 Å². The predicted molar refractivity (Wildman–Crippen MR) is 91.5 cm³/mol. The number of aryl methyl sites for hydroxylation is 2. The lowest BCUT2D eigenvalue weighted by Crippen LogP contribution is -1.96. The summed E-state index contributed by atoms with van der Waals surface area (Å²) in [6.07, 6.45) is 0. The average molecular weight is 375 g/mol. The maximum Gasteiger partial charge on any atom is 0.161 e. The molecule has 0 fully saturated rings. The van der Waals surface area contributed by atoms with Crippen molar-refractivity contribution in [1.29, 1.82) is 0 Å². The minimum Gasteiger partial charge on any atom is -0.355 e. The standard InChI is InChI=1S/C16H14IN3/c1-10-3-8-14-15(9-11(2)19-16(14)18-10)20-13-6-4-12(17)5-7-13/h3-9H,1-2H3,(H,18,19,20). The third-order valence-electron chi connectivity index (χ3n) is 3.06. The zero-order chi connectivity index (χ0) is 14.1. The first-order chi connectivity index (χ1) is 9.61. The van der Waals surface area contributed by atoms with Crippen LogP contribution in [-0.2, 0) is 0 Å². The van der Waals surface area contributed by atoms with Gasteiger partial charge in [-0.05, 0) is 78.9 Å². The Hall–Kier alpha value is -1.69. The van der Waals surface area contributed by atoms with E-state index in [0.29, 0.717) is 0 Å². The lowest BCUT2D eigenvalue weighted by atomic mass is 10.2. The number of nitrogens with zero attached hydrogens (tertiary/aromatic N) is 2. The van der Waals surface area contributed by atoms with Crippen molar-refractivity contribution in [2.45, 2.75) is 13.8 Å². The Labute approximate surface area is 131 Å². The smallest absolute Gasteiger partial charge is 0.161 e. The fraction of sp³-hybridized carbons (Fsp3) is 0.125. The van der Waals surface area contributed by atoms with Crippen LogP contribution in [0.25, 0.3) is 11.0 Å². The van der Waals surface area contributed by atoms with Gasteiger partial charge in [-0.3, -0.25) is 0 Å². The highest BCUT2D eigenvalue weighted by Gasteiger charge is 2.06. The summed E-state index contributed by atoms with van der Waals surface area (Å²) in [5.41, 5.74) is 4.84. The van der Waals surface area contributed by atoms with Gasteiger partial charge in [0.25, 0.3) is 0 Å². The molecule has 0 unspecified atom stereocenters. The number of anilines is 2. The van der Waals surface area contributed by atoms with Gasteiger partial charge < -0.3 is 5.32 Å². The number of benzene rings is 1. The second-order valence-corrected chi connectivity index (χ2v) is 6.01. The topological polar surface area (TPSA) is 37.8 Å². The molecule has 0 radical (unpaired) electrons. The van der Waals surface area contributed by atoms with Crippen molar-refractivity contribution in [2.24, 2.45) is 0 Å². The molecule has 3 aromatic rings. The molecule has 0 bridgehead atoms. The van der Waals surface area contributed by atoms with Gasteiger partial charge in [-0.2, -0.15) is 0 Å². The Morgan fingerprint density at radius 3 is 2.35 bits per heavy atom. The number of fused-ring (bicyclic) bond motifs is 1. The Balaban J connectivity index is 2.08. The molecule has 0 aliphatic heterocycles. The molecule has 0 aliphatic rings. The van der Waals surface area contributed by atoms with E-state index in [0.717, 1.165) is 33.8 Å². The van der Waals surface area contributed by atoms with Crippen molar-refractivity contribution in [2.75, 3.05) is 5.32 Å². The third-order valence-corrected chi connectivity index (χ3v) is 3.78. The van der Waals surface area contributed by atoms with Crippen LogP contribution in [0, 0.1) is 17.4 Å². The number of hydrogen-bond acceptors (Lipinski definition) is 3. The van der Waals surface area contributed by atoms with E-state index >= 15 is 0 Å². The molecular weight excluding hydrogens is 361 g/mol. The van der Waals surface area contributed by atoms with Crippen LogP contribution in [0.4, 0.5) is 11.4 Å². The van der Waals surface area contributed by atoms with Crippen molar-refractivity contribution in [1.82, 2.24) is 9.97 Å². The first-order valence-corrected chi connectivity index (χ1v) is 7.47. The minimum absolute atomic E-state index is 0.790. The molecule has 4 heteroatoms. The average Bonchev–Trinajstić information content (AvgIpc) is 2.40. The number of halogens is 1. The Morgan fingerprint density at radius 2 is 1.60 bits per heavy atom. The molecule has 1 N–H and O–H groups in total. The van der Waals surface area contributed by atoms with Crippen molar-refractivity contribution in [3.63, 3.8) is 0 Å². The zero-order valence-electron chi connectivity index (χ0n) is 11.3. The predicted octanol–water partition coefficient (Wildman–Crippen LogP) is 4.59. The Bertz CT molecular complexity index is 761. The normalized spacial score (nSPS) is 10.8. The summed E-state index contributed by atoms with van der Waals surface area (Å²) in [6, 6.07) is 14.5. The first-order valence-electron chi connectivity index (χ1n) is 6.39. The first kappa shape index (κ1) is 13.3. The summed E-state index contributed by atoms with van der Waals surface area (Å²) >= 11 is 2.30. The van der Waals surface area contributed by atoms with Crippen LogP contribution in [-0.4, -0.2) is 9.97 Å². The van der Waals surface area contributed by atoms with Crippen LogP contribution in [0.1, 0.15) is 11.4 Å². The van der Waals surface area contributed by atoms with Crippen molar-refractivity contribution >= 4 is 45.0 Å². The van der Waals surface area contributed by atoms with Gasteiger partial charge in [0.15, 0.2) is 5.65 Å². The van der Waals surface area contributed by atoms with E-state index in [4.69, 9.17) is 0 Å². The summed E-state index contributed by atoms with van der Waals surface area (Å²) in [7, 11) is 0. The van der Waals surface area contributed by atoms with Crippen LogP contribution < -0.4 is 5.32 Å². The zero-order valence-corrected chi connectivity index (χ0v) is 13.5. The molecule has 2 heterocycles. The molecule has 0 amide bonds. The molecule has 20 heavy (non-hydrogen) atoms. The summed E-state index contributed by atoms with van der Waals surface area (Å²) in [5, 5.41) is 4.49. The second-order valence-electron chi connectivity index (χ2n) is 4.77. The van der Waals surface area contributed by atoms with Crippen molar-refractivity contribution in [3.05, 3.63) is 57.4 Å². The summed E-state index contributed by atoms with van der Waals surface area (Å²) in [4.78, 5) is 9.00. The lowest BCUT2D eigenvalue weighted by Gasteiger charge is -2.11. The Morgan fingerprint density at radius 1 is 0.900 bits per heavy atom. The monoisotopic (exact) mass is 375 g/mol. The van der Waals surface area contributed by atoms with Crippen molar-refractivity contribution < 1.29 is 0 Å². The summed E-state index contributed by atoms with van der Waals surface area (Å²) in [5.74, 6) is 0. The number of hydrogen-bond donors (Lipinski definition) is 1. The second kappa shape index (κ2) is 5.36. The highest BCUT2D eigenvalue weighted by Crippen LogP contribution is 2.26. The van der Waals surface area contributed by atoms with Gasteiger partial charge in [0.1, 0.15) is 0 Å². The molecule has 0 saturated heterocycles. The van der Waals surface area contributed by atoms with E-state index in [9.17, 15) is 0 Å². The SMILES string of the molecule is Cc1ccc2c(Nc3ccc(I)cc3)cc(C)nc2n1. The maximum atomic E-state index is 4.50. The van der Waals surface area contributed by atoms with Crippen LogP contribution in [0.3, 0.4) is 0 Å². The number of aromatic nitrogens is 2. The van der Waals surface area contributed by atoms with Crippen LogP contribution in [0.2, 0.25) is 0 Å². The molecule has 0 aliphatic carbocycles. The fourth-order valence-corrected chi connectivity index (χ4v) is 2.48. The molecule has 3 rings (SSSR count). The highest BCUT2D eigenvalue weighted by molar-refractivity contribution is 14.1. The lowest BCUT2D eigenvalue weighted by molar-refractivity contribution is 1.16. The van der Waals surface area contributed by atoms with Gasteiger partial charge in [-0.25, -0.2) is 9.97 Å². The summed E-state index contributed by atoms with van der Waals surface area (Å²) < 4.78 is 1.22. The number of pyridine rings is 2. The molecule has 0 atom stereocenters. The molecule has 3 nitrogen and oxygen atoms in total. The van der Waals surface area contributed by atoms with Crippen LogP contribution in [0.15, 0.2) is 42.5 Å². The third kappa shape index (κ3) is 2.75. The largest absolute Gasteiger partial charge is 0.355 e. The highest BCUT2D eigenvalue weighted by atomic mass is 127. The van der Waals surface area contributed by atoms with E-state index in [1.54, 1.807) is 0 Å². The van der Waals surface area contributed by atoms with Gasteiger partial charge in [0.05, 0.1) is 5.69 Å². The van der Waals surface area contributed by atoms with E-state index in [2.05, 4.69) is 74.3 Å². The van der Waals surface area contributed by atoms with Crippen molar-refractivity contribution in [3.8, 4) is 0 Å². The van der Waals surface area contributed by atoms with Gasteiger partial charge in [-0.1, -0.05) is 0 Å². The van der Waals surface area contributed by atoms with Gasteiger partial charge in [0.2, 0.25) is 0 Å². The minimum atomic E-state index is 0.790. The maximum absolute atomic E-state index is 4.50. The van der Waals surface area contributed by atoms with Gasteiger partial charge in [0, 0.05) is 26.0 Å². The van der Waals surface area contributed by atoms with E-state index in [1.807, 2.05) is 19.9 Å². The van der Waals surface area contributed by atoms with E-state index in [-0.39, 0.29) is 0 Å². The van der Waals surface area contributed by atoms with Gasteiger partial charge in [-0.15, -0.1) is 0 Å². The molecular formula is C16H14IN3. The van der Waals surface area contributed by atoms with Crippen LogP contribution in [0.5, 0.6) is 0 Å². The quantitative estimate of drug-likeness (QED) is 0.666. The molecule has 1 aromatic carbocycles. The van der Waals surface area contributed by atoms with Crippen LogP contribution >= 0.6 is 22.6 Å². The van der Waals surface area contributed by atoms with Gasteiger partial charge >= 0.3 is 0 Å². The number of nitrogens with one attached hydrogen (secondary N) is 1. The molecule has 0 saturated carbocycles. The van der Waals surface area contributed by atoms with E-state index in [1.165, 1.54) is 3.57 Å². The number of rotatable bonds is 2. The summed E-state index contributed by atoms with van der Waals surface area (Å²) in [6.45, 7) is 3.97. The molecule has 0 spiro atoms.